The van der Waals surface area contributed by atoms with Crippen molar-refractivity contribution in [2.75, 3.05) is 13.2 Å². The van der Waals surface area contributed by atoms with E-state index in [1.54, 1.807) is 0 Å². The van der Waals surface area contributed by atoms with Crippen molar-refractivity contribution in [2.45, 2.75) is 70.3 Å². The highest BCUT2D eigenvalue weighted by Gasteiger charge is 2.22. The monoisotopic (exact) mass is 342 g/mol. The van der Waals surface area contributed by atoms with Crippen LogP contribution in [0, 0.1) is 11.8 Å². The van der Waals surface area contributed by atoms with Crippen LogP contribution in [0.4, 0.5) is 0 Å². The summed E-state index contributed by atoms with van der Waals surface area (Å²) in [4.78, 5) is 0. The van der Waals surface area contributed by atoms with Crippen LogP contribution in [0.2, 0.25) is 0 Å². The number of rotatable bonds is 6. The molecule has 2 heteroatoms. The Balaban J connectivity index is 1.43. The van der Waals surface area contributed by atoms with Crippen LogP contribution in [-0.4, -0.2) is 24.4 Å². The average molecular weight is 343 g/mol. The molecular formula is C23H34O2. The second kappa shape index (κ2) is 9.54. The van der Waals surface area contributed by atoms with Gasteiger partial charge < -0.3 is 9.84 Å². The molecule has 2 unspecified atom stereocenters. The highest BCUT2D eigenvalue weighted by Crippen LogP contribution is 2.36. The molecule has 2 aliphatic rings. The summed E-state index contributed by atoms with van der Waals surface area (Å²) in [5.41, 5.74) is 3.01. The van der Waals surface area contributed by atoms with Crippen LogP contribution in [0.1, 0.15) is 68.9 Å². The quantitative estimate of drug-likeness (QED) is 0.715. The second-order valence-electron chi connectivity index (χ2n) is 7.96. The van der Waals surface area contributed by atoms with E-state index in [2.05, 4.69) is 43.3 Å². The highest BCUT2D eigenvalue weighted by atomic mass is 16.5. The molecule has 3 rings (SSSR count). The van der Waals surface area contributed by atoms with E-state index in [-0.39, 0.29) is 12.7 Å². The number of hydrogen-bond donors (Lipinski definition) is 1. The van der Waals surface area contributed by atoms with Crippen LogP contribution in [0.3, 0.4) is 0 Å². The van der Waals surface area contributed by atoms with E-state index in [1.807, 2.05) is 0 Å². The van der Waals surface area contributed by atoms with Crippen molar-refractivity contribution in [2.24, 2.45) is 11.8 Å². The maximum absolute atomic E-state index is 9.13. The fourth-order valence-corrected chi connectivity index (χ4v) is 4.33. The third kappa shape index (κ3) is 5.43. The number of aryl methyl sites for hydroxylation is 1. The molecule has 2 nitrogen and oxygen atoms in total. The molecule has 1 N–H and O–H groups in total. The molecule has 1 aliphatic carbocycles. The minimum absolute atomic E-state index is 0.0730. The molecule has 2 fully saturated rings. The highest BCUT2D eigenvalue weighted by molar-refractivity contribution is 5.26. The third-order valence-corrected chi connectivity index (χ3v) is 6.03. The summed E-state index contributed by atoms with van der Waals surface area (Å²) in [7, 11) is 0. The largest absolute Gasteiger partial charge is 0.394 e. The van der Waals surface area contributed by atoms with Crippen LogP contribution in [0.25, 0.3) is 0 Å². The van der Waals surface area contributed by atoms with Crippen LogP contribution in [0.15, 0.2) is 36.4 Å². The lowest BCUT2D eigenvalue weighted by molar-refractivity contribution is -0.0331. The predicted octanol–water partition coefficient (Wildman–Crippen LogP) is 5.26. The Labute approximate surface area is 153 Å². The second-order valence-corrected chi connectivity index (χ2v) is 7.96. The SMILES string of the molecule is CCCc1ccc(C2CCC(/C=C/C3CCC(CO)OC3)CC2)cc1. The first-order chi connectivity index (χ1) is 12.3. The Hall–Kier alpha value is -1.12. The Bertz CT molecular complexity index is 518. The molecule has 25 heavy (non-hydrogen) atoms. The van der Waals surface area contributed by atoms with Crippen LogP contribution < -0.4 is 0 Å². The number of allylic oxidation sites excluding steroid dienone is 1. The van der Waals surface area contributed by atoms with Gasteiger partial charge in [0.2, 0.25) is 0 Å². The van der Waals surface area contributed by atoms with E-state index >= 15 is 0 Å². The van der Waals surface area contributed by atoms with Gasteiger partial charge in [0.05, 0.1) is 19.3 Å². The summed E-state index contributed by atoms with van der Waals surface area (Å²) in [6.07, 6.45) is 14.7. The van der Waals surface area contributed by atoms with Crippen molar-refractivity contribution >= 4 is 0 Å². The Morgan fingerprint density at radius 3 is 2.24 bits per heavy atom. The van der Waals surface area contributed by atoms with Gasteiger partial charge >= 0.3 is 0 Å². The van der Waals surface area contributed by atoms with Crippen LogP contribution in [0.5, 0.6) is 0 Å². The molecular weight excluding hydrogens is 308 g/mol. The molecule has 0 spiro atoms. The molecule has 1 aromatic rings. The molecule has 1 heterocycles. The van der Waals surface area contributed by atoms with Gasteiger partial charge in [0.15, 0.2) is 0 Å². The van der Waals surface area contributed by atoms with Gasteiger partial charge in [-0.25, -0.2) is 0 Å². The normalized spacial score (nSPS) is 30.6. The topological polar surface area (TPSA) is 29.5 Å². The molecule has 0 bridgehead atoms. The van der Waals surface area contributed by atoms with E-state index in [1.165, 1.54) is 49.7 Å². The zero-order valence-corrected chi connectivity index (χ0v) is 15.7. The summed E-state index contributed by atoms with van der Waals surface area (Å²) in [6, 6.07) is 9.38. The zero-order valence-electron chi connectivity index (χ0n) is 15.7. The number of benzene rings is 1. The van der Waals surface area contributed by atoms with E-state index in [0.717, 1.165) is 31.3 Å². The molecule has 0 amide bonds. The Morgan fingerprint density at radius 1 is 0.960 bits per heavy atom. The van der Waals surface area contributed by atoms with Crippen LogP contribution in [-0.2, 0) is 11.2 Å². The van der Waals surface area contributed by atoms with Gasteiger partial charge in [0.25, 0.3) is 0 Å². The molecule has 1 aromatic carbocycles. The fourth-order valence-electron chi connectivity index (χ4n) is 4.33. The number of ether oxygens (including phenoxy) is 1. The van der Waals surface area contributed by atoms with Crippen molar-refractivity contribution in [3.63, 3.8) is 0 Å². The van der Waals surface area contributed by atoms with Gasteiger partial charge in [-0.3, -0.25) is 0 Å². The van der Waals surface area contributed by atoms with Crippen LogP contribution >= 0.6 is 0 Å². The lowest BCUT2D eigenvalue weighted by Crippen LogP contribution is -2.27. The lowest BCUT2D eigenvalue weighted by Gasteiger charge is -2.29. The molecule has 138 valence electrons. The third-order valence-electron chi connectivity index (χ3n) is 6.03. The average Bonchev–Trinajstić information content (AvgIpc) is 2.68. The van der Waals surface area contributed by atoms with E-state index in [0.29, 0.717) is 5.92 Å². The first kappa shape index (κ1) is 18.7. The maximum Gasteiger partial charge on any atom is 0.0806 e. The van der Waals surface area contributed by atoms with Gasteiger partial charge in [-0.1, -0.05) is 49.8 Å². The van der Waals surface area contributed by atoms with E-state index in [4.69, 9.17) is 9.84 Å². The standard InChI is InChI=1S/C23H34O2/c1-2-3-18-6-11-21(12-7-18)22-13-8-19(9-14-22)4-5-20-10-15-23(16-24)25-17-20/h4-7,11-12,19-20,22-24H,2-3,8-10,13-17H2,1H3/b5-4+. The van der Waals surface area contributed by atoms with Gasteiger partial charge in [-0.2, -0.15) is 0 Å². The first-order valence-corrected chi connectivity index (χ1v) is 10.3. The number of aliphatic hydroxyl groups is 1. The maximum atomic E-state index is 9.13. The minimum atomic E-state index is 0.0730. The summed E-state index contributed by atoms with van der Waals surface area (Å²) in [5.74, 6) is 2.04. The Kier molecular flexibility index (Phi) is 7.12. The van der Waals surface area contributed by atoms with Crippen molar-refractivity contribution in [1.82, 2.24) is 0 Å². The zero-order chi connectivity index (χ0) is 17.5. The van der Waals surface area contributed by atoms with Crippen molar-refractivity contribution in [3.05, 3.63) is 47.5 Å². The molecule has 0 radical (unpaired) electrons. The van der Waals surface area contributed by atoms with Gasteiger partial charge in [-0.05, 0) is 67.9 Å². The molecule has 1 saturated carbocycles. The van der Waals surface area contributed by atoms with Crippen molar-refractivity contribution < 1.29 is 9.84 Å². The van der Waals surface area contributed by atoms with Gasteiger partial charge in [0.1, 0.15) is 0 Å². The lowest BCUT2D eigenvalue weighted by atomic mass is 9.78. The molecule has 1 saturated heterocycles. The summed E-state index contributed by atoms with van der Waals surface area (Å²) in [6.45, 7) is 3.19. The molecule has 0 aromatic heterocycles. The van der Waals surface area contributed by atoms with E-state index < -0.39 is 0 Å². The Morgan fingerprint density at radius 2 is 1.64 bits per heavy atom. The van der Waals surface area contributed by atoms with Crippen molar-refractivity contribution in [3.8, 4) is 0 Å². The molecule has 1 aliphatic heterocycles. The molecule has 2 atom stereocenters. The minimum Gasteiger partial charge on any atom is -0.394 e. The van der Waals surface area contributed by atoms with Crippen molar-refractivity contribution in [1.29, 1.82) is 0 Å². The number of hydrogen-bond acceptors (Lipinski definition) is 2. The fraction of sp³-hybridized carbons (Fsp3) is 0.652. The summed E-state index contributed by atoms with van der Waals surface area (Å²) < 4.78 is 5.68. The smallest absolute Gasteiger partial charge is 0.0806 e. The van der Waals surface area contributed by atoms with Gasteiger partial charge in [-0.15, -0.1) is 0 Å². The number of aliphatic hydroxyl groups excluding tert-OH is 1. The predicted molar refractivity (Wildman–Crippen MR) is 104 cm³/mol. The summed E-state index contributed by atoms with van der Waals surface area (Å²) in [5, 5.41) is 9.13. The van der Waals surface area contributed by atoms with E-state index in [9.17, 15) is 0 Å². The van der Waals surface area contributed by atoms with Gasteiger partial charge in [0, 0.05) is 5.92 Å². The summed E-state index contributed by atoms with van der Waals surface area (Å²) >= 11 is 0. The first-order valence-electron chi connectivity index (χ1n) is 10.3.